The largest absolute Gasteiger partial charge is 0.418 e. The number of nitrogens with zero attached hydrogens (tertiary/aromatic N) is 2. The van der Waals surface area contributed by atoms with Gasteiger partial charge >= 0.3 is 6.18 Å². The molecule has 1 N–H and O–H groups in total. The van der Waals surface area contributed by atoms with E-state index in [-0.39, 0.29) is 17.0 Å². The zero-order valence-corrected chi connectivity index (χ0v) is 17.0. The second kappa shape index (κ2) is 8.74. The quantitative estimate of drug-likeness (QED) is 0.598. The predicted molar refractivity (Wildman–Crippen MR) is 110 cm³/mol. The second-order valence-electron chi connectivity index (χ2n) is 6.57. The maximum Gasteiger partial charge on any atom is 0.418 e. The van der Waals surface area contributed by atoms with E-state index in [4.69, 9.17) is 0 Å². The molecule has 2 aromatic carbocycles. The molecule has 0 bridgehead atoms. The Morgan fingerprint density at radius 1 is 1.07 bits per heavy atom. The molecular formula is C21H18F3N3O2S. The smallest absolute Gasteiger partial charge is 0.325 e. The lowest BCUT2D eigenvalue weighted by Gasteiger charge is -2.13. The zero-order valence-electron chi connectivity index (χ0n) is 16.2. The standard InChI is InChI=1S/C21H18F3N3O2S/c1-13-7-8-15(11-14(13)2)27-20(29)10-9-19(26-27)30-12-18(28)25-17-6-4-3-5-16(17)21(22,23)24/h3-11H,12H2,1-2H3,(H,25,28). The van der Waals surface area contributed by atoms with Crippen LogP contribution in [0.5, 0.6) is 0 Å². The molecule has 0 aliphatic carbocycles. The number of hydrogen-bond acceptors (Lipinski definition) is 4. The number of anilines is 1. The van der Waals surface area contributed by atoms with Crippen molar-refractivity contribution in [1.82, 2.24) is 9.78 Å². The molecule has 3 aromatic rings. The summed E-state index contributed by atoms with van der Waals surface area (Å²) in [7, 11) is 0. The Balaban J connectivity index is 1.73. The number of halogens is 3. The normalized spacial score (nSPS) is 11.4. The van der Waals surface area contributed by atoms with Crippen LogP contribution in [0.25, 0.3) is 5.69 Å². The maximum atomic E-state index is 13.0. The number of nitrogens with one attached hydrogen (secondary N) is 1. The summed E-state index contributed by atoms with van der Waals surface area (Å²) in [5.74, 6) is -0.771. The molecule has 3 rings (SSSR count). The van der Waals surface area contributed by atoms with Crippen molar-refractivity contribution >= 4 is 23.4 Å². The van der Waals surface area contributed by atoms with E-state index in [1.165, 1.54) is 35.0 Å². The van der Waals surface area contributed by atoms with Gasteiger partial charge < -0.3 is 5.32 Å². The summed E-state index contributed by atoms with van der Waals surface area (Å²) in [4.78, 5) is 24.4. The minimum atomic E-state index is -4.57. The van der Waals surface area contributed by atoms with Crippen LogP contribution < -0.4 is 10.9 Å². The van der Waals surface area contributed by atoms with Crippen molar-refractivity contribution in [1.29, 1.82) is 0 Å². The molecule has 156 valence electrons. The highest BCUT2D eigenvalue weighted by Gasteiger charge is 2.33. The van der Waals surface area contributed by atoms with Gasteiger partial charge in [0.2, 0.25) is 5.91 Å². The first-order chi connectivity index (χ1) is 14.1. The molecule has 0 aliphatic heterocycles. The Morgan fingerprint density at radius 3 is 2.50 bits per heavy atom. The summed E-state index contributed by atoms with van der Waals surface area (Å²) in [5.41, 5.74) is 1.13. The van der Waals surface area contributed by atoms with E-state index in [2.05, 4.69) is 10.4 Å². The van der Waals surface area contributed by atoms with E-state index >= 15 is 0 Å². The minimum absolute atomic E-state index is 0.162. The van der Waals surface area contributed by atoms with Crippen LogP contribution in [-0.2, 0) is 11.0 Å². The van der Waals surface area contributed by atoms with Crippen molar-refractivity contribution in [3.63, 3.8) is 0 Å². The van der Waals surface area contributed by atoms with Gasteiger partial charge in [-0.2, -0.15) is 23.0 Å². The fourth-order valence-electron chi connectivity index (χ4n) is 2.68. The number of amides is 1. The molecule has 0 spiro atoms. The van der Waals surface area contributed by atoms with Crippen molar-refractivity contribution in [2.75, 3.05) is 11.1 Å². The van der Waals surface area contributed by atoms with Gasteiger partial charge in [0.25, 0.3) is 5.56 Å². The zero-order chi connectivity index (χ0) is 21.9. The number of benzene rings is 2. The van der Waals surface area contributed by atoms with Gasteiger partial charge in [-0.25, -0.2) is 0 Å². The molecule has 1 amide bonds. The molecule has 0 atom stereocenters. The highest BCUT2D eigenvalue weighted by atomic mass is 32.2. The summed E-state index contributed by atoms with van der Waals surface area (Å²) < 4.78 is 40.4. The fourth-order valence-corrected chi connectivity index (χ4v) is 3.33. The number of rotatable bonds is 5. The Hall–Kier alpha value is -3.07. The van der Waals surface area contributed by atoms with Crippen molar-refractivity contribution in [3.8, 4) is 5.69 Å². The number of carbonyl (C=O) groups excluding carboxylic acids is 1. The van der Waals surface area contributed by atoms with Crippen molar-refractivity contribution in [3.05, 3.63) is 81.6 Å². The summed E-state index contributed by atoms with van der Waals surface area (Å²) in [5, 5.41) is 6.93. The molecule has 1 aromatic heterocycles. The van der Waals surface area contributed by atoms with E-state index in [0.717, 1.165) is 29.0 Å². The molecule has 5 nitrogen and oxygen atoms in total. The van der Waals surface area contributed by atoms with Gasteiger partial charge in [0.05, 0.1) is 22.7 Å². The molecule has 0 radical (unpaired) electrons. The number of thioether (sulfide) groups is 1. The lowest BCUT2D eigenvalue weighted by Crippen LogP contribution is -2.21. The molecule has 9 heteroatoms. The highest BCUT2D eigenvalue weighted by Crippen LogP contribution is 2.34. The fraction of sp³-hybridized carbons (Fsp3) is 0.190. The molecular weight excluding hydrogens is 415 g/mol. The monoisotopic (exact) mass is 433 g/mol. The van der Waals surface area contributed by atoms with Crippen LogP contribution >= 0.6 is 11.8 Å². The number of alkyl halides is 3. The Bertz CT molecular complexity index is 1140. The first kappa shape index (κ1) is 21.6. The third kappa shape index (κ3) is 5.10. The van der Waals surface area contributed by atoms with Crippen molar-refractivity contribution in [2.45, 2.75) is 25.0 Å². The molecule has 1 heterocycles. The number of para-hydroxylation sites is 1. The minimum Gasteiger partial charge on any atom is -0.325 e. The SMILES string of the molecule is Cc1ccc(-n2nc(SCC(=O)Nc3ccccc3C(F)(F)F)ccc2=O)cc1C. The number of aryl methyl sites for hydroxylation is 2. The van der Waals surface area contributed by atoms with Gasteiger partial charge in [-0.3, -0.25) is 9.59 Å². The molecule has 30 heavy (non-hydrogen) atoms. The highest BCUT2D eigenvalue weighted by molar-refractivity contribution is 7.99. The predicted octanol–water partition coefficient (Wildman–Crippen LogP) is 4.60. The van der Waals surface area contributed by atoms with E-state index in [0.29, 0.717) is 10.7 Å². The topological polar surface area (TPSA) is 64.0 Å². The van der Waals surface area contributed by atoms with Crippen LogP contribution in [0.3, 0.4) is 0 Å². The average Bonchev–Trinajstić information content (AvgIpc) is 2.69. The van der Waals surface area contributed by atoms with Gasteiger partial charge in [-0.1, -0.05) is 30.0 Å². The van der Waals surface area contributed by atoms with Gasteiger partial charge in [0.1, 0.15) is 5.03 Å². The van der Waals surface area contributed by atoms with Crippen LogP contribution in [0.1, 0.15) is 16.7 Å². The van der Waals surface area contributed by atoms with Gasteiger partial charge in [-0.05, 0) is 55.3 Å². The van der Waals surface area contributed by atoms with Crippen molar-refractivity contribution < 1.29 is 18.0 Å². The summed E-state index contributed by atoms with van der Waals surface area (Å²) in [6.07, 6.45) is -4.57. The lowest BCUT2D eigenvalue weighted by molar-refractivity contribution is -0.137. The number of hydrogen-bond donors (Lipinski definition) is 1. The third-order valence-electron chi connectivity index (χ3n) is 4.37. The van der Waals surface area contributed by atoms with Gasteiger partial charge in [0, 0.05) is 6.07 Å². The van der Waals surface area contributed by atoms with Gasteiger partial charge in [0.15, 0.2) is 0 Å². The van der Waals surface area contributed by atoms with Crippen LogP contribution in [0.15, 0.2) is 64.4 Å². The lowest BCUT2D eigenvalue weighted by atomic mass is 10.1. The number of carbonyl (C=O) groups is 1. The average molecular weight is 433 g/mol. The molecule has 0 aliphatic rings. The second-order valence-corrected chi connectivity index (χ2v) is 7.57. The van der Waals surface area contributed by atoms with Crippen LogP contribution in [0.4, 0.5) is 18.9 Å². The van der Waals surface area contributed by atoms with E-state index in [1.54, 1.807) is 6.07 Å². The molecule has 0 unspecified atom stereocenters. The van der Waals surface area contributed by atoms with E-state index < -0.39 is 17.6 Å². The summed E-state index contributed by atoms with van der Waals surface area (Å²) in [6.45, 7) is 3.88. The molecule has 0 saturated carbocycles. The molecule has 0 saturated heterocycles. The van der Waals surface area contributed by atoms with E-state index in [9.17, 15) is 22.8 Å². The van der Waals surface area contributed by atoms with Crippen LogP contribution in [0, 0.1) is 13.8 Å². The Morgan fingerprint density at radius 2 is 1.80 bits per heavy atom. The van der Waals surface area contributed by atoms with Crippen LogP contribution in [0.2, 0.25) is 0 Å². The van der Waals surface area contributed by atoms with Crippen LogP contribution in [-0.4, -0.2) is 21.4 Å². The first-order valence-electron chi connectivity index (χ1n) is 8.92. The van der Waals surface area contributed by atoms with Gasteiger partial charge in [-0.15, -0.1) is 0 Å². The summed E-state index contributed by atoms with van der Waals surface area (Å²) >= 11 is 1.02. The Labute approximate surface area is 174 Å². The molecule has 0 fully saturated rings. The number of aromatic nitrogens is 2. The van der Waals surface area contributed by atoms with Crippen molar-refractivity contribution in [2.24, 2.45) is 0 Å². The Kier molecular flexibility index (Phi) is 6.31. The third-order valence-corrected chi connectivity index (χ3v) is 5.29. The summed E-state index contributed by atoms with van der Waals surface area (Å²) in [6, 6.07) is 13.1. The van der Waals surface area contributed by atoms with E-state index in [1.807, 2.05) is 26.0 Å². The maximum absolute atomic E-state index is 13.0. The first-order valence-corrected chi connectivity index (χ1v) is 9.90.